The number of carbonyl (C=O) groups is 3. The maximum atomic E-state index is 14.0. The Bertz CT molecular complexity index is 1540. The highest BCUT2D eigenvalue weighted by molar-refractivity contribution is 5.89. The standard InChI is InChI=1S/C37H51NO13/c1-9-38-16-34(17-44-4)23(49-18(2)39)14-24(46-6)36-22-15-35(43)31(50-33(42)20-10-12-21(45-5)13-11-20)25(22)37(51-19(3)40,30(41)32(35)48-8)26(29(36)38)27(47-7)28(34)36/h10-13,22-32,41,43H,9,14-17H2,1-8H3/t22-,23-,24+,25-,26+,27+,28-,29?,30+,31-,32+,34+,35-,36+,37-/m1/s1. The van der Waals surface area contributed by atoms with Crippen LogP contribution in [0.1, 0.15) is 44.0 Å². The molecule has 0 amide bonds. The zero-order valence-electron chi connectivity index (χ0n) is 30.5. The quantitative estimate of drug-likeness (QED) is 0.248. The Morgan fingerprint density at radius 3 is 2.16 bits per heavy atom. The number of likely N-dealkylation sites (tertiary alicyclic amines) is 1. The molecular weight excluding hydrogens is 666 g/mol. The minimum absolute atomic E-state index is 0.0334. The lowest BCUT2D eigenvalue weighted by atomic mass is 9.42. The third-order valence-electron chi connectivity index (χ3n) is 13.8. The Morgan fingerprint density at radius 2 is 1.61 bits per heavy atom. The molecule has 5 saturated carbocycles. The van der Waals surface area contributed by atoms with E-state index in [0.717, 1.165) is 0 Å². The van der Waals surface area contributed by atoms with Crippen LogP contribution < -0.4 is 4.74 Å². The minimum Gasteiger partial charge on any atom is -0.497 e. The summed E-state index contributed by atoms with van der Waals surface area (Å²) in [7, 11) is 7.75. The first-order valence-corrected chi connectivity index (χ1v) is 17.8. The van der Waals surface area contributed by atoms with Gasteiger partial charge >= 0.3 is 17.9 Å². The number of hydrogen-bond donors (Lipinski definition) is 2. The van der Waals surface area contributed by atoms with Crippen molar-refractivity contribution in [2.24, 2.45) is 34.5 Å². The first-order chi connectivity index (χ1) is 24.3. The number of methoxy groups -OCH3 is 5. The molecule has 6 fully saturated rings. The van der Waals surface area contributed by atoms with Gasteiger partial charge in [0.05, 0.1) is 31.5 Å². The highest BCUT2D eigenvalue weighted by atomic mass is 16.6. The van der Waals surface area contributed by atoms with Crippen molar-refractivity contribution in [2.45, 2.75) is 87.5 Å². The van der Waals surface area contributed by atoms with E-state index in [0.29, 0.717) is 25.3 Å². The number of aliphatic hydroxyl groups excluding tert-OH is 1. The molecule has 1 unspecified atom stereocenters. The van der Waals surface area contributed by atoms with Crippen LogP contribution in [0, 0.1) is 34.5 Å². The highest BCUT2D eigenvalue weighted by Gasteiger charge is 2.92. The second-order valence-electron chi connectivity index (χ2n) is 15.4. The Balaban J connectivity index is 1.50. The number of piperidine rings is 1. The fourth-order valence-electron chi connectivity index (χ4n) is 12.8. The molecule has 7 rings (SSSR count). The Labute approximate surface area is 297 Å². The van der Waals surface area contributed by atoms with Gasteiger partial charge in [-0.1, -0.05) is 6.92 Å². The first-order valence-electron chi connectivity index (χ1n) is 17.8. The number of hydrogen-bond acceptors (Lipinski definition) is 14. The van der Waals surface area contributed by atoms with Crippen LogP contribution in [0.3, 0.4) is 0 Å². The van der Waals surface area contributed by atoms with Crippen molar-refractivity contribution < 1.29 is 62.5 Å². The van der Waals surface area contributed by atoms with Crippen LogP contribution in [0.2, 0.25) is 0 Å². The third kappa shape index (κ3) is 4.50. The number of nitrogens with zero attached hydrogens (tertiary/aromatic N) is 1. The second kappa shape index (κ2) is 12.6. The second-order valence-corrected chi connectivity index (χ2v) is 15.4. The zero-order chi connectivity index (χ0) is 36.8. The van der Waals surface area contributed by atoms with E-state index in [4.69, 9.17) is 37.9 Å². The van der Waals surface area contributed by atoms with Crippen molar-refractivity contribution in [2.75, 3.05) is 55.2 Å². The van der Waals surface area contributed by atoms with Crippen molar-refractivity contribution in [3.63, 3.8) is 0 Å². The largest absolute Gasteiger partial charge is 0.497 e. The summed E-state index contributed by atoms with van der Waals surface area (Å²) < 4.78 is 49.3. The van der Waals surface area contributed by atoms with Gasteiger partial charge in [0, 0.05) is 89.9 Å². The van der Waals surface area contributed by atoms with Crippen molar-refractivity contribution in [1.29, 1.82) is 0 Å². The average Bonchev–Trinajstić information content (AvgIpc) is 3.47. The molecule has 1 aromatic carbocycles. The summed E-state index contributed by atoms with van der Waals surface area (Å²) in [5.74, 6) is -3.84. The molecule has 1 heterocycles. The lowest BCUT2D eigenvalue weighted by Gasteiger charge is -2.70. The van der Waals surface area contributed by atoms with E-state index >= 15 is 0 Å². The maximum Gasteiger partial charge on any atom is 0.338 e. The lowest BCUT2D eigenvalue weighted by Crippen LogP contribution is -2.81. The van der Waals surface area contributed by atoms with E-state index in [9.17, 15) is 24.6 Å². The summed E-state index contributed by atoms with van der Waals surface area (Å²) in [6.45, 7) is 5.95. The molecule has 0 aromatic heterocycles. The Morgan fingerprint density at radius 1 is 0.902 bits per heavy atom. The highest BCUT2D eigenvalue weighted by Crippen LogP contribution is 2.80. The normalized spacial score (nSPS) is 46.0. The molecule has 1 aliphatic heterocycles. The van der Waals surface area contributed by atoms with Gasteiger partial charge in [0.2, 0.25) is 0 Å². The molecule has 7 bridgehead atoms. The summed E-state index contributed by atoms with van der Waals surface area (Å²) in [5, 5.41) is 25.6. The van der Waals surface area contributed by atoms with Crippen LogP contribution in [0.25, 0.3) is 0 Å². The predicted molar refractivity (Wildman–Crippen MR) is 177 cm³/mol. The number of ether oxygens (including phenoxy) is 8. The predicted octanol–water partition coefficient (Wildman–Crippen LogP) is 1.23. The molecule has 0 radical (unpaired) electrons. The molecule has 1 saturated heterocycles. The van der Waals surface area contributed by atoms with Gasteiger partial charge in [-0.15, -0.1) is 0 Å². The van der Waals surface area contributed by atoms with Crippen LogP contribution >= 0.6 is 0 Å². The van der Waals surface area contributed by atoms with Crippen molar-refractivity contribution in [3.05, 3.63) is 29.8 Å². The average molecular weight is 718 g/mol. The number of esters is 3. The van der Waals surface area contributed by atoms with Gasteiger partial charge in [0.25, 0.3) is 0 Å². The number of aliphatic hydroxyl groups is 2. The molecule has 15 atom stereocenters. The van der Waals surface area contributed by atoms with Gasteiger partial charge in [-0.3, -0.25) is 14.5 Å². The fraction of sp³-hybridized carbons (Fsp3) is 0.757. The zero-order valence-corrected chi connectivity index (χ0v) is 30.5. The van der Waals surface area contributed by atoms with Gasteiger partial charge < -0.3 is 48.1 Å². The van der Waals surface area contributed by atoms with Gasteiger partial charge in [0.1, 0.15) is 35.8 Å². The van der Waals surface area contributed by atoms with Crippen LogP contribution in [0.4, 0.5) is 0 Å². The molecule has 6 aliphatic rings. The summed E-state index contributed by atoms with van der Waals surface area (Å²) in [4.78, 5) is 42.4. The summed E-state index contributed by atoms with van der Waals surface area (Å²) in [6, 6.07) is 6.03. The molecule has 2 N–H and O–H groups in total. The number of carbonyl (C=O) groups excluding carboxylic acids is 3. The Kier molecular flexibility index (Phi) is 9.04. The van der Waals surface area contributed by atoms with Gasteiger partial charge in [-0.05, 0) is 43.1 Å². The topological polar surface area (TPSA) is 169 Å². The van der Waals surface area contributed by atoms with E-state index in [-0.39, 0.29) is 18.6 Å². The Hall–Kier alpha value is -2.85. The van der Waals surface area contributed by atoms with Crippen LogP contribution in [0.5, 0.6) is 5.75 Å². The fourth-order valence-corrected chi connectivity index (χ4v) is 12.8. The third-order valence-corrected chi connectivity index (χ3v) is 13.8. The first kappa shape index (κ1) is 36.5. The van der Waals surface area contributed by atoms with Gasteiger partial charge in [-0.2, -0.15) is 0 Å². The molecule has 14 nitrogen and oxygen atoms in total. The van der Waals surface area contributed by atoms with Crippen molar-refractivity contribution >= 4 is 17.9 Å². The molecule has 5 aliphatic carbocycles. The van der Waals surface area contributed by atoms with Crippen molar-refractivity contribution in [1.82, 2.24) is 4.90 Å². The molecular formula is C37H51NO13. The lowest BCUT2D eigenvalue weighted by molar-refractivity contribution is -0.322. The van der Waals surface area contributed by atoms with Crippen LogP contribution in [-0.4, -0.2) is 142 Å². The molecule has 14 heteroatoms. The van der Waals surface area contributed by atoms with E-state index in [1.54, 1.807) is 45.6 Å². The van der Waals surface area contributed by atoms with Crippen LogP contribution in [0.15, 0.2) is 24.3 Å². The van der Waals surface area contributed by atoms with E-state index < -0.39 is 106 Å². The van der Waals surface area contributed by atoms with E-state index in [1.807, 2.05) is 6.92 Å². The van der Waals surface area contributed by atoms with Crippen LogP contribution in [-0.2, 0) is 42.7 Å². The number of benzene rings is 1. The van der Waals surface area contributed by atoms with Gasteiger partial charge in [0.15, 0.2) is 5.60 Å². The van der Waals surface area contributed by atoms with E-state index in [1.165, 1.54) is 28.1 Å². The molecule has 282 valence electrons. The minimum atomic E-state index is -1.89. The van der Waals surface area contributed by atoms with Crippen molar-refractivity contribution in [3.8, 4) is 5.75 Å². The van der Waals surface area contributed by atoms with E-state index in [2.05, 4.69) is 4.90 Å². The van der Waals surface area contributed by atoms with Gasteiger partial charge in [-0.25, -0.2) is 4.79 Å². The summed E-state index contributed by atoms with van der Waals surface area (Å²) >= 11 is 0. The molecule has 1 aromatic rings. The number of rotatable bonds is 11. The SMILES string of the molecule is CCN1C[C@@]2(COC)[C@H]3[C@@H](OC)[C@H]4C1[C@]3([C@@H](OC)C[C@H]2OC(C)=O)[C@@H]1C[C@@]2(O)[C@H](OC(=O)c3ccc(OC)cc3)[C@@H]1[C@]4(OC(C)=O)[C@@H](O)[C@@H]2OC. The molecule has 51 heavy (non-hydrogen) atoms. The summed E-state index contributed by atoms with van der Waals surface area (Å²) in [5.41, 5.74) is -5.07. The smallest absolute Gasteiger partial charge is 0.338 e. The summed E-state index contributed by atoms with van der Waals surface area (Å²) in [6.07, 6.45) is -5.60. The molecule has 1 spiro atoms. The number of fused-ring (bicyclic) bond motifs is 2. The maximum absolute atomic E-state index is 14.0. The monoisotopic (exact) mass is 717 g/mol.